The largest absolute Gasteiger partial charge is 0.338 e. The summed E-state index contributed by atoms with van der Waals surface area (Å²) in [5.74, 6) is -0.646. The van der Waals surface area contributed by atoms with Crippen molar-refractivity contribution in [3.8, 4) is 0 Å². The molecule has 3 aromatic rings. The number of amides is 1. The van der Waals surface area contributed by atoms with Crippen LogP contribution in [0.15, 0.2) is 54.7 Å². The van der Waals surface area contributed by atoms with Crippen LogP contribution in [0.2, 0.25) is 0 Å². The van der Waals surface area contributed by atoms with Crippen LogP contribution in [0.5, 0.6) is 0 Å². The molecular weight excluding hydrogens is 295 g/mol. The molecule has 0 saturated carbocycles. The van der Waals surface area contributed by atoms with Gasteiger partial charge in [-0.25, -0.2) is 4.39 Å². The van der Waals surface area contributed by atoms with Crippen molar-refractivity contribution >= 4 is 28.3 Å². The molecule has 5 heteroatoms. The first-order valence-electron chi connectivity index (χ1n) is 7.18. The molecule has 0 spiro atoms. The van der Waals surface area contributed by atoms with Gasteiger partial charge in [-0.2, -0.15) is 0 Å². The van der Waals surface area contributed by atoms with E-state index in [-0.39, 0.29) is 24.1 Å². The van der Waals surface area contributed by atoms with Gasteiger partial charge >= 0.3 is 0 Å². The minimum absolute atomic E-state index is 0.0621. The first kappa shape index (κ1) is 15.0. The second-order valence-corrected chi connectivity index (χ2v) is 5.33. The van der Waals surface area contributed by atoms with E-state index in [0.717, 1.165) is 5.39 Å². The third-order valence-electron chi connectivity index (χ3n) is 3.60. The van der Waals surface area contributed by atoms with Crippen molar-refractivity contribution in [2.45, 2.75) is 13.5 Å². The van der Waals surface area contributed by atoms with E-state index in [9.17, 15) is 14.0 Å². The average Bonchev–Trinajstić information content (AvgIpc) is 2.89. The molecule has 1 amide bonds. The number of nitrogens with zero attached hydrogens (tertiary/aromatic N) is 1. The van der Waals surface area contributed by atoms with Crippen molar-refractivity contribution in [1.29, 1.82) is 0 Å². The van der Waals surface area contributed by atoms with Gasteiger partial charge in [-0.15, -0.1) is 0 Å². The van der Waals surface area contributed by atoms with Gasteiger partial charge in [-0.05, 0) is 48.7 Å². The predicted molar refractivity (Wildman–Crippen MR) is 87.0 cm³/mol. The number of anilines is 1. The number of carbonyl (C=O) groups excluding carboxylic acids is 2. The summed E-state index contributed by atoms with van der Waals surface area (Å²) in [6, 6.07) is 13.1. The zero-order chi connectivity index (χ0) is 16.4. The Balaban J connectivity index is 1.77. The van der Waals surface area contributed by atoms with E-state index in [1.807, 2.05) is 6.07 Å². The van der Waals surface area contributed by atoms with Crippen LogP contribution in [-0.2, 0) is 11.3 Å². The van der Waals surface area contributed by atoms with E-state index >= 15 is 0 Å². The molecule has 3 rings (SSSR count). The standard InChI is InChI=1S/C18H15FN2O2/c1-12(22)14-3-2-4-16(9-14)20-18(23)11-21-8-7-13-5-6-15(19)10-17(13)21/h2-10H,11H2,1H3,(H,20,23). The van der Waals surface area contributed by atoms with Gasteiger partial charge in [0, 0.05) is 17.4 Å². The van der Waals surface area contributed by atoms with Gasteiger partial charge < -0.3 is 9.88 Å². The van der Waals surface area contributed by atoms with Crippen molar-refractivity contribution in [2.24, 2.45) is 0 Å². The summed E-state index contributed by atoms with van der Waals surface area (Å²) in [6.45, 7) is 1.54. The minimum atomic E-state index is -0.341. The normalized spacial score (nSPS) is 10.7. The van der Waals surface area contributed by atoms with E-state index in [4.69, 9.17) is 0 Å². The van der Waals surface area contributed by atoms with Crippen LogP contribution in [-0.4, -0.2) is 16.3 Å². The molecule has 23 heavy (non-hydrogen) atoms. The lowest BCUT2D eigenvalue weighted by Gasteiger charge is -2.08. The van der Waals surface area contributed by atoms with Crippen molar-refractivity contribution in [2.75, 3.05) is 5.32 Å². The molecule has 0 saturated heterocycles. The Labute approximate surface area is 132 Å². The number of fused-ring (bicyclic) bond motifs is 1. The highest BCUT2D eigenvalue weighted by Crippen LogP contribution is 2.17. The fraction of sp³-hybridized carbons (Fsp3) is 0.111. The highest BCUT2D eigenvalue weighted by atomic mass is 19.1. The molecule has 116 valence electrons. The quantitative estimate of drug-likeness (QED) is 0.748. The van der Waals surface area contributed by atoms with Crippen molar-refractivity contribution in [3.05, 3.63) is 66.1 Å². The molecule has 4 nitrogen and oxygen atoms in total. The second-order valence-electron chi connectivity index (χ2n) is 5.33. The van der Waals surface area contributed by atoms with Gasteiger partial charge in [-0.3, -0.25) is 9.59 Å². The monoisotopic (exact) mass is 310 g/mol. The number of hydrogen-bond acceptors (Lipinski definition) is 2. The lowest BCUT2D eigenvalue weighted by molar-refractivity contribution is -0.116. The molecule has 1 aromatic heterocycles. The molecule has 1 N–H and O–H groups in total. The van der Waals surface area contributed by atoms with Crippen molar-refractivity contribution in [3.63, 3.8) is 0 Å². The highest BCUT2D eigenvalue weighted by molar-refractivity contribution is 5.97. The zero-order valence-electron chi connectivity index (χ0n) is 12.5. The number of rotatable bonds is 4. The van der Waals surface area contributed by atoms with Gasteiger partial charge in [0.25, 0.3) is 0 Å². The fourth-order valence-corrected chi connectivity index (χ4v) is 2.47. The summed E-state index contributed by atoms with van der Waals surface area (Å²) in [6.07, 6.45) is 1.75. The van der Waals surface area contributed by atoms with Crippen LogP contribution < -0.4 is 5.32 Å². The molecule has 0 aliphatic rings. The van der Waals surface area contributed by atoms with Gasteiger partial charge in [0.1, 0.15) is 12.4 Å². The topological polar surface area (TPSA) is 51.1 Å². The maximum Gasteiger partial charge on any atom is 0.244 e. The number of benzene rings is 2. The summed E-state index contributed by atoms with van der Waals surface area (Å²) in [5, 5.41) is 3.62. The smallest absolute Gasteiger partial charge is 0.244 e. The Morgan fingerprint density at radius 3 is 2.74 bits per heavy atom. The van der Waals surface area contributed by atoms with Crippen LogP contribution in [0.4, 0.5) is 10.1 Å². The van der Waals surface area contributed by atoms with Gasteiger partial charge in [0.15, 0.2) is 5.78 Å². The Morgan fingerprint density at radius 2 is 1.96 bits per heavy atom. The summed E-state index contributed by atoms with van der Waals surface area (Å²) in [4.78, 5) is 23.5. The number of aromatic nitrogens is 1. The Morgan fingerprint density at radius 1 is 1.13 bits per heavy atom. The lowest BCUT2D eigenvalue weighted by Crippen LogP contribution is -2.18. The number of Topliss-reactive ketones (excluding diaryl/α,β-unsaturated/α-hetero) is 1. The summed E-state index contributed by atoms with van der Waals surface area (Å²) in [5.41, 5.74) is 1.76. The summed E-state index contributed by atoms with van der Waals surface area (Å²) >= 11 is 0. The highest BCUT2D eigenvalue weighted by Gasteiger charge is 2.08. The van der Waals surface area contributed by atoms with Crippen LogP contribution in [0.3, 0.4) is 0 Å². The van der Waals surface area contributed by atoms with E-state index < -0.39 is 0 Å². The molecule has 0 bridgehead atoms. The number of ketones is 1. The van der Waals surface area contributed by atoms with E-state index in [0.29, 0.717) is 16.8 Å². The number of hydrogen-bond donors (Lipinski definition) is 1. The van der Waals surface area contributed by atoms with Crippen LogP contribution in [0, 0.1) is 5.82 Å². The SMILES string of the molecule is CC(=O)c1cccc(NC(=O)Cn2ccc3ccc(F)cc32)c1. The molecule has 2 aromatic carbocycles. The number of carbonyl (C=O) groups is 2. The predicted octanol–water partition coefficient (Wildman–Crippen LogP) is 3.62. The summed E-state index contributed by atoms with van der Waals surface area (Å²) in [7, 11) is 0. The van der Waals surface area contributed by atoms with Crippen molar-refractivity contribution in [1.82, 2.24) is 4.57 Å². The van der Waals surface area contributed by atoms with Crippen LogP contribution in [0.1, 0.15) is 17.3 Å². The molecule has 1 heterocycles. The molecule has 0 atom stereocenters. The molecule has 0 aliphatic heterocycles. The molecule has 0 aliphatic carbocycles. The van der Waals surface area contributed by atoms with Crippen molar-refractivity contribution < 1.29 is 14.0 Å². The Kier molecular flexibility index (Phi) is 3.93. The van der Waals surface area contributed by atoms with Gasteiger partial charge in [0.05, 0.1) is 5.52 Å². The van der Waals surface area contributed by atoms with E-state index in [1.54, 1.807) is 41.1 Å². The molecule has 0 fully saturated rings. The third kappa shape index (κ3) is 3.29. The first-order valence-corrected chi connectivity index (χ1v) is 7.18. The molecule has 0 unspecified atom stereocenters. The minimum Gasteiger partial charge on any atom is -0.338 e. The molecular formula is C18H15FN2O2. The summed E-state index contributed by atoms with van der Waals surface area (Å²) < 4.78 is 15.0. The van der Waals surface area contributed by atoms with Gasteiger partial charge in [0.2, 0.25) is 5.91 Å². The first-order chi connectivity index (χ1) is 11.0. The van der Waals surface area contributed by atoms with E-state index in [2.05, 4.69) is 5.32 Å². The maximum atomic E-state index is 13.4. The Bertz CT molecular complexity index is 899. The number of halogens is 1. The Hall–Kier alpha value is -2.95. The average molecular weight is 310 g/mol. The lowest BCUT2D eigenvalue weighted by atomic mass is 10.1. The fourth-order valence-electron chi connectivity index (χ4n) is 2.47. The van der Waals surface area contributed by atoms with Crippen LogP contribution >= 0.6 is 0 Å². The van der Waals surface area contributed by atoms with Crippen LogP contribution in [0.25, 0.3) is 10.9 Å². The number of nitrogens with one attached hydrogen (secondary N) is 1. The maximum absolute atomic E-state index is 13.4. The third-order valence-corrected chi connectivity index (χ3v) is 3.60. The zero-order valence-corrected chi connectivity index (χ0v) is 12.5. The van der Waals surface area contributed by atoms with E-state index in [1.165, 1.54) is 19.1 Å². The van der Waals surface area contributed by atoms with Gasteiger partial charge in [-0.1, -0.05) is 12.1 Å². The molecule has 0 radical (unpaired) electrons. The second kappa shape index (κ2) is 6.04.